The number of aromatic nitrogens is 2. The van der Waals surface area contributed by atoms with E-state index in [1.807, 2.05) is 13.0 Å². The van der Waals surface area contributed by atoms with Crippen molar-refractivity contribution in [3.63, 3.8) is 0 Å². The van der Waals surface area contributed by atoms with Crippen LogP contribution in [0.3, 0.4) is 0 Å². The van der Waals surface area contributed by atoms with Gasteiger partial charge in [-0.25, -0.2) is 0 Å². The van der Waals surface area contributed by atoms with Gasteiger partial charge >= 0.3 is 0 Å². The molecule has 0 aliphatic carbocycles. The zero-order valence-electron chi connectivity index (χ0n) is 10.9. The number of hydrogen-bond donors (Lipinski definition) is 1. The number of halogens is 2. The van der Waals surface area contributed by atoms with Crippen molar-refractivity contribution in [1.82, 2.24) is 9.55 Å². The summed E-state index contributed by atoms with van der Waals surface area (Å²) in [7, 11) is 0. The minimum Gasteiger partial charge on any atom is -0.330 e. The summed E-state index contributed by atoms with van der Waals surface area (Å²) in [6, 6.07) is 11.0. The lowest BCUT2D eigenvalue weighted by Crippen LogP contribution is -1.96. The SMILES string of the molecule is Cc1cc(Cl)c(-n2c(=S)[nH]c3ccc(C#N)cc32)cc1Cl. The fourth-order valence-electron chi connectivity index (χ4n) is 2.22. The van der Waals surface area contributed by atoms with Gasteiger partial charge in [0.15, 0.2) is 4.77 Å². The number of imidazole rings is 1. The van der Waals surface area contributed by atoms with Crippen molar-refractivity contribution >= 4 is 46.5 Å². The largest absolute Gasteiger partial charge is 0.330 e. The molecule has 1 aromatic heterocycles. The predicted molar refractivity (Wildman–Crippen MR) is 87.9 cm³/mol. The van der Waals surface area contributed by atoms with Crippen LogP contribution in [0.15, 0.2) is 30.3 Å². The number of nitrogens with zero attached hydrogens (tertiary/aromatic N) is 2. The van der Waals surface area contributed by atoms with Gasteiger partial charge in [-0.3, -0.25) is 4.57 Å². The molecule has 104 valence electrons. The molecule has 6 heteroatoms. The van der Waals surface area contributed by atoms with Crippen molar-refractivity contribution in [1.29, 1.82) is 5.26 Å². The Kier molecular flexibility index (Phi) is 3.50. The summed E-state index contributed by atoms with van der Waals surface area (Å²) < 4.78 is 2.29. The Morgan fingerprint density at radius 1 is 1.19 bits per heavy atom. The van der Waals surface area contributed by atoms with Crippen molar-refractivity contribution in [3.8, 4) is 11.8 Å². The maximum absolute atomic E-state index is 9.06. The van der Waals surface area contributed by atoms with E-state index in [1.54, 1.807) is 28.8 Å². The smallest absolute Gasteiger partial charge is 0.182 e. The third-order valence-electron chi connectivity index (χ3n) is 3.28. The first-order valence-corrected chi connectivity index (χ1v) is 7.28. The molecule has 0 aliphatic heterocycles. The second-order valence-electron chi connectivity index (χ2n) is 4.66. The molecule has 3 nitrogen and oxygen atoms in total. The molecule has 0 spiro atoms. The van der Waals surface area contributed by atoms with E-state index in [-0.39, 0.29) is 0 Å². The lowest BCUT2D eigenvalue weighted by Gasteiger charge is -2.09. The van der Waals surface area contributed by atoms with Crippen molar-refractivity contribution in [3.05, 3.63) is 56.3 Å². The van der Waals surface area contributed by atoms with Gasteiger partial charge in [-0.05, 0) is 55.0 Å². The Bertz CT molecular complexity index is 963. The molecule has 3 rings (SSSR count). The lowest BCUT2D eigenvalue weighted by molar-refractivity contribution is 1.06. The maximum atomic E-state index is 9.06. The van der Waals surface area contributed by atoms with Gasteiger partial charge in [0.05, 0.1) is 33.4 Å². The van der Waals surface area contributed by atoms with E-state index in [0.29, 0.717) is 26.1 Å². The van der Waals surface area contributed by atoms with Crippen LogP contribution < -0.4 is 0 Å². The number of fused-ring (bicyclic) bond motifs is 1. The highest BCUT2D eigenvalue weighted by molar-refractivity contribution is 7.71. The molecule has 0 unspecified atom stereocenters. The molecule has 1 heterocycles. The Balaban J connectivity index is 2.40. The molecular weight excluding hydrogens is 325 g/mol. The molecular formula is C15H9Cl2N3S. The minimum absolute atomic E-state index is 0.502. The van der Waals surface area contributed by atoms with Crippen LogP contribution in [0.25, 0.3) is 16.7 Å². The average molecular weight is 334 g/mol. The van der Waals surface area contributed by atoms with E-state index >= 15 is 0 Å². The zero-order valence-corrected chi connectivity index (χ0v) is 13.3. The summed E-state index contributed by atoms with van der Waals surface area (Å²) in [5.41, 5.74) is 3.78. The summed E-state index contributed by atoms with van der Waals surface area (Å²) in [6.07, 6.45) is 0. The molecule has 1 N–H and O–H groups in total. The second kappa shape index (κ2) is 5.19. The highest BCUT2D eigenvalue weighted by atomic mass is 35.5. The standard InChI is InChI=1S/C15H9Cl2N3S/c1-8-4-11(17)13(6-10(8)16)20-14-5-9(7-18)2-3-12(14)19-15(20)21/h2-6H,1H3,(H,19,21). The molecule has 0 atom stereocenters. The highest BCUT2D eigenvalue weighted by Gasteiger charge is 2.12. The number of benzene rings is 2. The number of nitrogens with one attached hydrogen (secondary N) is 1. The van der Waals surface area contributed by atoms with Gasteiger partial charge in [0.1, 0.15) is 0 Å². The third-order valence-corrected chi connectivity index (χ3v) is 4.28. The van der Waals surface area contributed by atoms with Gasteiger partial charge in [-0.15, -0.1) is 0 Å². The zero-order chi connectivity index (χ0) is 15.1. The summed E-state index contributed by atoms with van der Waals surface area (Å²) in [6.45, 7) is 1.89. The van der Waals surface area contributed by atoms with Crippen molar-refractivity contribution in [2.75, 3.05) is 0 Å². The monoisotopic (exact) mass is 333 g/mol. The summed E-state index contributed by atoms with van der Waals surface area (Å²) in [5.74, 6) is 0. The first-order valence-electron chi connectivity index (χ1n) is 6.12. The van der Waals surface area contributed by atoms with Gasteiger partial charge in [0.2, 0.25) is 0 Å². The van der Waals surface area contributed by atoms with Crippen LogP contribution in [0.1, 0.15) is 11.1 Å². The van der Waals surface area contributed by atoms with Crippen LogP contribution in [0.5, 0.6) is 0 Å². The molecule has 0 aliphatic rings. The van der Waals surface area contributed by atoms with E-state index in [2.05, 4.69) is 11.1 Å². The number of hydrogen-bond acceptors (Lipinski definition) is 2. The van der Waals surface area contributed by atoms with Gasteiger partial charge in [0, 0.05) is 5.02 Å². The first kappa shape index (κ1) is 14.2. The fourth-order valence-corrected chi connectivity index (χ4v) is 2.99. The maximum Gasteiger partial charge on any atom is 0.182 e. The van der Waals surface area contributed by atoms with Crippen LogP contribution in [0.2, 0.25) is 10.0 Å². The molecule has 21 heavy (non-hydrogen) atoms. The van der Waals surface area contributed by atoms with Crippen LogP contribution in [0, 0.1) is 23.0 Å². The van der Waals surface area contributed by atoms with Crippen molar-refractivity contribution in [2.45, 2.75) is 6.92 Å². The fraction of sp³-hybridized carbons (Fsp3) is 0.0667. The minimum atomic E-state index is 0.502. The Morgan fingerprint density at radius 2 is 1.95 bits per heavy atom. The number of H-pyrrole nitrogens is 1. The molecule has 2 aromatic carbocycles. The average Bonchev–Trinajstić information content (AvgIpc) is 2.78. The molecule has 0 saturated heterocycles. The predicted octanol–water partition coefficient (Wildman–Crippen LogP) is 5.17. The molecule has 3 aromatic rings. The molecule has 0 fully saturated rings. The van der Waals surface area contributed by atoms with E-state index in [1.165, 1.54) is 0 Å². The van der Waals surface area contributed by atoms with Crippen molar-refractivity contribution < 1.29 is 0 Å². The summed E-state index contributed by atoms with van der Waals surface area (Å²) >= 11 is 17.9. The summed E-state index contributed by atoms with van der Waals surface area (Å²) in [4.78, 5) is 3.10. The van der Waals surface area contributed by atoms with Crippen LogP contribution in [-0.4, -0.2) is 9.55 Å². The molecule has 0 saturated carbocycles. The topological polar surface area (TPSA) is 44.5 Å². The van der Waals surface area contributed by atoms with Crippen molar-refractivity contribution in [2.24, 2.45) is 0 Å². The van der Waals surface area contributed by atoms with Gasteiger partial charge < -0.3 is 4.98 Å². The first-order chi connectivity index (χ1) is 10.0. The number of nitriles is 1. The van der Waals surface area contributed by atoms with Gasteiger partial charge in [-0.1, -0.05) is 23.2 Å². The quantitative estimate of drug-likeness (QED) is 0.624. The van der Waals surface area contributed by atoms with Gasteiger partial charge in [0.25, 0.3) is 0 Å². The number of rotatable bonds is 1. The van der Waals surface area contributed by atoms with E-state index in [0.717, 1.165) is 16.6 Å². The Morgan fingerprint density at radius 3 is 2.67 bits per heavy atom. The highest BCUT2D eigenvalue weighted by Crippen LogP contribution is 2.30. The van der Waals surface area contributed by atoms with Crippen LogP contribution >= 0.6 is 35.4 Å². The normalized spacial score (nSPS) is 10.8. The van der Waals surface area contributed by atoms with Crippen LogP contribution in [0.4, 0.5) is 0 Å². The third kappa shape index (κ3) is 2.34. The molecule has 0 amide bonds. The number of aromatic amines is 1. The summed E-state index contributed by atoms with van der Waals surface area (Å²) in [5, 5.41) is 10.2. The van der Waals surface area contributed by atoms with Gasteiger partial charge in [-0.2, -0.15) is 5.26 Å². The number of aryl methyl sites for hydroxylation is 1. The van der Waals surface area contributed by atoms with Crippen LogP contribution in [-0.2, 0) is 0 Å². The van der Waals surface area contributed by atoms with E-state index in [4.69, 9.17) is 40.7 Å². The second-order valence-corrected chi connectivity index (χ2v) is 5.86. The Labute approximate surface area is 136 Å². The van der Waals surface area contributed by atoms with E-state index < -0.39 is 0 Å². The molecule has 0 bridgehead atoms. The van der Waals surface area contributed by atoms with E-state index in [9.17, 15) is 0 Å². The lowest BCUT2D eigenvalue weighted by atomic mass is 10.2. The molecule has 0 radical (unpaired) electrons. The Hall–Kier alpha value is -1.80.